The van der Waals surface area contributed by atoms with Crippen LogP contribution in [0.2, 0.25) is 0 Å². The van der Waals surface area contributed by atoms with Gasteiger partial charge in [0.05, 0.1) is 16.1 Å². The van der Waals surface area contributed by atoms with Crippen LogP contribution in [-0.2, 0) is 4.74 Å². The minimum Gasteiger partial charge on any atom is -0.376 e. The van der Waals surface area contributed by atoms with Gasteiger partial charge in [0, 0.05) is 12.7 Å². The zero-order valence-electron chi connectivity index (χ0n) is 11.6. The average Bonchev–Trinajstić information content (AvgIpc) is 2.69. The van der Waals surface area contributed by atoms with Crippen molar-refractivity contribution in [1.29, 1.82) is 0 Å². The summed E-state index contributed by atoms with van der Waals surface area (Å²) in [5.74, 6) is -1.24. The van der Waals surface area contributed by atoms with Crippen LogP contribution in [0.15, 0.2) is 16.6 Å². The van der Waals surface area contributed by atoms with Crippen LogP contribution in [0.1, 0.15) is 50.1 Å². The zero-order valence-corrected chi connectivity index (χ0v) is 13.2. The Morgan fingerprint density at radius 2 is 1.80 bits per heavy atom. The van der Waals surface area contributed by atoms with Crippen LogP contribution in [0, 0.1) is 11.6 Å². The summed E-state index contributed by atoms with van der Waals surface area (Å²) in [5.41, 5.74) is 5.47. The van der Waals surface area contributed by atoms with Crippen molar-refractivity contribution in [2.75, 3.05) is 7.11 Å². The second-order valence-electron chi connectivity index (χ2n) is 5.42. The number of rotatable bonds is 3. The highest BCUT2D eigenvalue weighted by atomic mass is 79.9. The summed E-state index contributed by atoms with van der Waals surface area (Å²) in [6, 6.07) is 1.79. The Hall–Kier alpha value is -0.520. The minimum absolute atomic E-state index is 0.0804. The average molecular weight is 348 g/mol. The minimum atomic E-state index is -0.803. The van der Waals surface area contributed by atoms with Gasteiger partial charge in [-0.2, -0.15) is 0 Å². The van der Waals surface area contributed by atoms with E-state index in [1.54, 1.807) is 7.11 Å². The topological polar surface area (TPSA) is 35.2 Å². The third-order valence-electron chi connectivity index (χ3n) is 4.31. The van der Waals surface area contributed by atoms with Gasteiger partial charge < -0.3 is 10.5 Å². The summed E-state index contributed by atoms with van der Waals surface area (Å²) in [4.78, 5) is 0. The Morgan fingerprint density at radius 3 is 2.35 bits per heavy atom. The molecular weight excluding hydrogens is 328 g/mol. The number of hydrogen-bond donors (Lipinski definition) is 1. The van der Waals surface area contributed by atoms with E-state index in [1.165, 1.54) is 12.1 Å². The quantitative estimate of drug-likeness (QED) is 0.646. The van der Waals surface area contributed by atoms with Crippen molar-refractivity contribution in [3.05, 3.63) is 33.8 Å². The Balaban J connectivity index is 2.42. The van der Waals surface area contributed by atoms with Crippen LogP contribution in [0.4, 0.5) is 8.78 Å². The van der Waals surface area contributed by atoms with Gasteiger partial charge in [0.1, 0.15) is 11.6 Å². The number of hydrogen-bond acceptors (Lipinski definition) is 2. The molecule has 20 heavy (non-hydrogen) atoms. The van der Waals surface area contributed by atoms with Crippen molar-refractivity contribution in [2.24, 2.45) is 5.73 Å². The van der Waals surface area contributed by atoms with Gasteiger partial charge >= 0.3 is 0 Å². The summed E-state index contributed by atoms with van der Waals surface area (Å²) in [5, 5.41) is 0. The lowest BCUT2D eigenvalue weighted by molar-refractivity contribution is -0.0457. The van der Waals surface area contributed by atoms with E-state index >= 15 is 0 Å². The maximum Gasteiger partial charge on any atom is 0.145 e. The van der Waals surface area contributed by atoms with Gasteiger partial charge in [0.15, 0.2) is 0 Å². The highest BCUT2D eigenvalue weighted by Gasteiger charge is 2.40. The van der Waals surface area contributed by atoms with Gasteiger partial charge in [0.25, 0.3) is 0 Å². The molecule has 112 valence electrons. The summed E-state index contributed by atoms with van der Waals surface area (Å²) in [6.07, 6.45) is 5.63. The Morgan fingerprint density at radius 1 is 1.20 bits per heavy atom. The number of ether oxygens (including phenoxy) is 1. The SMILES string of the molecule is COC1(C(N)c2c(F)ccc(Br)c2F)CCCCCC1. The zero-order chi connectivity index (χ0) is 14.8. The monoisotopic (exact) mass is 347 g/mol. The first-order valence-electron chi connectivity index (χ1n) is 6.96. The first-order chi connectivity index (χ1) is 9.52. The smallest absolute Gasteiger partial charge is 0.145 e. The summed E-state index contributed by atoms with van der Waals surface area (Å²) >= 11 is 3.09. The summed E-state index contributed by atoms with van der Waals surface area (Å²) < 4.78 is 34.2. The molecule has 0 heterocycles. The molecule has 1 unspecified atom stereocenters. The van der Waals surface area contributed by atoms with Gasteiger partial charge in [0.2, 0.25) is 0 Å². The van der Waals surface area contributed by atoms with E-state index in [-0.39, 0.29) is 10.0 Å². The molecule has 0 amide bonds. The van der Waals surface area contributed by atoms with Crippen LogP contribution in [-0.4, -0.2) is 12.7 Å². The highest BCUT2D eigenvalue weighted by molar-refractivity contribution is 9.10. The molecule has 2 nitrogen and oxygen atoms in total. The standard InChI is InChI=1S/C15H20BrF2NO/c1-20-15(8-4-2-3-5-9-15)14(19)12-11(17)7-6-10(16)13(12)18/h6-7,14H,2-5,8-9,19H2,1H3. The molecule has 0 bridgehead atoms. The van der Waals surface area contributed by atoms with Crippen LogP contribution >= 0.6 is 15.9 Å². The first kappa shape index (κ1) is 15.9. The molecule has 2 N–H and O–H groups in total. The summed E-state index contributed by atoms with van der Waals surface area (Å²) in [7, 11) is 1.58. The lowest BCUT2D eigenvalue weighted by atomic mass is 9.82. The lowest BCUT2D eigenvalue weighted by Gasteiger charge is -2.37. The van der Waals surface area contributed by atoms with Crippen LogP contribution < -0.4 is 5.73 Å². The van der Waals surface area contributed by atoms with E-state index in [1.807, 2.05) is 0 Å². The van der Waals surface area contributed by atoms with Gasteiger partial charge in [-0.1, -0.05) is 25.7 Å². The van der Waals surface area contributed by atoms with Crippen molar-refractivity contribution in [3.63, 3.8) is 0 Å². The van der Waals surface area contributed by atoms with E-state index in [4.69, 9.17) is 10.5 Å². The van der Waals surface area contributed by atoms with E-state index in [2.05, 4.69) is 15.9 Å². The molecule has 5 heteroatoms. The summed E-state index contributed by atoms with van der Waals surface area (Å²) in [6.45, 7) is 0. The molecule has 1 aliphatic carbocycles. The molecule has 1 aromatic carbocycles. The van der Waals surface area contributed by atoms with Crippen molar-refractivity contribution in [1.82, 2.24) is 0 Å². The predicted octanol–water partition coefficient (Wildman–Crippen LogP) is 4.47. The molecule has 1 aromatic rings. The van der Waals surface area contributed by atoms with Gasteiger partial charge in [-0.15, -0.1) is 0 Å². The highest BCUT2D eigenvalue weighted by Crippen LogP contribution is 2.41. The number of methoxy groups -OCH3 is 1. The van der Waals surface area contributed by atoms with Crippen LogP contribution in [0.5, 0.6) is 0 Å². The third-order valence-corrected chi connectivity index (χ3v) is 4.93. The van der Waals surface area contributed by atoms with E-state index in [9.17, 15) is 8.78 Å². The third kappa shape index (κ3) is 2.90. The number of benzene rings is 1. The fraction of sp³-hybridized carbons (Fsp3) is 0.600. The molecule has 1 aliphatic rings. The Kier molecular flexibility index (Phi) is 5.15. The largest absolute Gasteiger partial charge is 0.376 e. The van der Waals surface area contributed by atoms with Gasteiger partial charge in [-0.3, -0.25) is 0 Å². The van der Waals surface area contributed by atoms with E-state index in [0.29, 0.717) is 0 Å². The van der Waals surface area contributed by atoms with Crippen LogP contribution in [0.3, 0.4) is 0 Å². The molecule has 0 aromatic heterocycles. The molecular formula is C15H20BrF2NO. The van der Waals surface area contributed by atoms with E-state index in [0.717, 1.165) is 38.5 Å². The molecule has 0 spiro atoms. The normalized spacial score (nSPS) is 20.4. The number of halogens is 3. The first-order valence-corrected chi connectivity index (χ1v) is 7.75. The molecule has 2 rings (SSSR count). The molecule has 1 saturated carbocycles. The maximum absolute atomic E-state index is 14.3. The van der Waals surface area contributed by atoms with Crippen molar-refractivity contribution < 1.29 is 13.5 Å². The molecule has 0 aliphatic heterocycles. The molecule has 0 saturated heterocycles. The van der Waals surface area contributed by atoms with Crippen molar-refractivity contribution >= 4 is 15.9 Å². The molecule has 1 atom stereocenters. The van der Waals surface area contributed by atoms with Gasteiger partial charge in [-0.25, -0.2) is 8.78 Å². The predicted molar refractivity (Wildman–Crippen MR) is 78.4 cm³/mol. The Bertz CT molecular complexity index is 473. The Labute approximate surface area is 126 Å². The molecule has 0 radical (unpaired) electrons. The van der Waals surface area contributed by atoms with Gasteiger partial charge in [-0.05, 0) is 40.9 Å². The van der Waals surface area contributed by atoms with Crippen molar-refractivity contribution in [2.45, 2.75) is 50.2 Å². The van der Waals surface area contributed by atoms with E-state index < -0.39 is 23.3 Å². The lowest BCUT2D eigenvalue weighted by Crippen LogP contribution is -2.43. The second kappa shape index (κ2) is 6.50. The maximum atomic E-state index is 14.3. The van der Waals surface area contributed by atoms with Crippen molar-refractivity contribution in [3.8, 4) is 0 Å². The van der Waals surface area contributed by atoms with Crippen LogP contribution in [0.25, 0.3) is 0 Å². The fourth-order valence-electron chi connectivity index (χ4n) is 3.06. The number of nitrogens with two attached hydrogens (primary N) is 1. The fourth-order valence-corrected chi connectivity index (χ4v) is 3.41. The second-order valence-corrected chi connectivity index (χ2v) is 6.27. The molecule has 1 fully saturated rings.